The van der Waals surface area contributed by atoms with Crippen molar-refractivity contribution in [2.45, 2.75) is 91.0 Å². The van der Waals surface area contributed by atoms with Gasteiger partial charge in [0, 0.05) is 49.1 Å². The second kappa shape index (κ2) is 10.8. The fraction of sp³-hybridized carbons (Fsp3) is 0.731. The molecule has 6 heteroatoms. The normalized spacial score (nSPS) is 27.1. The van der Waals surface area contributed by atoms with Crippen molar-refractivity contribution in [3.8, 4) is 0 Å². The number of nitrogens with one attached hydrogen (secondary N) is 2. The Bertz CT molecular complexity index is 710. The van der Waals surface area contributed by atoms with Crippen LogP contribution in [0.1, 0.15) is 67.2 Å². The molecule has 1 amide bonds. The molecule has 1 saturated heterocycles. The molecule has 1 aromatic carbocycles. The average molecular weight is 445 g/mol. The standard InChI is InChI=1S/C26H44N4O2/c1-7-30-19(2)17-29(18-20(30)3)24-14-12-22(13-15-24)27-16-21-8-10-23(11-9-21)28-25(31)32-26(4,5)6/h12-15,19-21,23,27H,7-11,16-18H2,1-6H3,(H,28,31). The number of rotatable bonds is 6. The summed E-state index contributed by atoms with van der Waals surface area (Å²) >= 11 is 0. The Labute approximate surface area is 195 Å². The van der Waals surface area contributed by atoms with E-state index in [0.717, 1.165) is 51.9 Å². The summed E-state index contributed by atoms with van der Waals surface area (Å²) < 4.78 is 5.38. The molecule has 1 saturated carbocycles. The molecule has 0 radical (unpaired) electrons. The Balaban J connectivity index is 1.40. The van der Waals surface area contributed by atoms with Gasteiger partial charge in [0.25, 0.3) is 0 Å². The summed E-state index contributed by atoms with van der Waals surface area (Å²) in [4.78, 5) is 17.1. The third kappa shape index (κ3) is 7.03. The molecule has 1 aliphatic heterocycles. The summed E-state index contributed by atoms with van der Waals surface area (Å²) in [7, 11) is 0. The van der Waals surface area contributed by atoms with Gasteiger partial charge < -0.3 is 20.3 Å². The van der Waals surface area contributed by atoms with E-state index in [1.165, 1.54) is 11.4 Å². The highest BCUT2D eigenvalue weighted by molar-refractivity contribution is 5.68. The first-order chi connectivity index (χ1) is 15.1. The van der Waals surface area contributed by atoms with E-state index >= 15 is 0 Å². The Hall–Kier alpha value is -1.95. The molecule has 32 heavy (non-hydrogen) atoms. The largest absolute Gasteiger partial charge is 0.444 e. The van der Waals surface area contributed by atoms with Crippen LogP contribution in [0.15, 0.2) is 24.3 Å². The summed E-state index contributed by atoms with van der Waals surface area (Å²) in [5.41, 5.74) is 2.07. The number of carbonyl (C=O) groups is 1. The Morgan fingerprint density at radius 3 is 2.16 bits per heavy atom. The minimum Gasteiger partial charge on any atom is -0.444 e. The van der Waals surface area contributed by atoms with Crippen LogP contribution < -0.4 is 15.5 Å². The quantitative estimate of drug-likeness (QED) is 0.639. The fourth-order valence-corrected chi connectivity index (χ4v) is 5.23. The van der Waals surface area contributed by atoms with E-state index < -0.39 is 5.60 Å². The van der Waals surface area contributed by atoms with Gasteiger partial charge in [0.2, 0.25) is 0 Å². The van der Waals surface area contributed by atoms with Crippen molar-refractivity contribution < 1.29 is 9.53 Å². The van der Waals surface area contributed by atoms with Crippen molar-refractivity contribution in [3.63, 3.8) is 0 Å². The highest BCUT2D eigenvalue weighted by Crippen LogP contribution is 2.27. The van der Waals surface area contributed by atoms with Crippen molar-refractivity contribution in [1.29, 1.82) is 0 Å². The number of piperazine rings is 1. The Morgan fingerprint density at radius 1 is 1.03 bits per heavy atom. The number of ether oxygens (including phenoxy) is 1. The predicted octanol–water partition coefficient (Wildman–Crippen LogP) is 5.10. The van der Waals surface area contributed by atoms with Gasteiger partial charge in [-0.1, -0.05) is 6.92 Å². The maximum absolute atomic E-state index is 12.0. The van der Waals surface area contributed by atoms with Gasteiger partial charge in [-0.25, -0.2) is 4.79 Å². The zero-order valence-corrected chi connectivity index (χ0v) is 21.0. The summed E-state index contributed by atoms with van der Waals surface area (Å²) in [5, 5.41) is 6.66. The number of nitrogens with zero attached hydrogens (tertiary/aromatic N) is 2. The van der Waals surface area contributed by atoms with E-state index in [1.807, 2.05) is 20.8 Å². The van der Waals surface area contributed by atoms with Crippen molar-refractivity contribution in [2.24, 2.45) is 5.92 Å². The number of anilines is 2. The van der Waals surface area contributed by atoms with E-state index in [4.69, 9.17) is 4.74 Å². The highest BCUT2D eigenvalue weighted by Gasteiger charge is 2.28. The minimum atomic E-state index is -0.443. The van der Waals surface area contributed by atoms with Gasteiger partial charge in [-0.2, -0.15) is 0 Å². The third-order valence-corrected chi connectivity index (χ3v) is 6.86. The zero-order valence-electron chi connectivity index (χ0n) is 21.0. The number of hydrogen-bond acceptors (Lipinski definition) is 5. The number of hydrogen-bond donors (Lipinski definition) is 2. The molecule has 6 nitrogen and oxygen atoms in total. The van der Waals surface area contributed by atoms with Gasteiger partial charge in [0.1, 0.15) is 5.60 Å². The molecule has 1 aromatic rings. The topological polar surface area (TPSA) is 56.8 Å². The molecule has 2 aliphatic rings. The first kappa shape index (κ1) is 24.7. The van der Waals surface area contributed by atoms with Gasteiger partial charge >= 0.3 is 6.09 Å². The number of likely N-dealkylation sites (N-methyl/N-ethyl adjacent to an activating group) is 1. The smallest absolute Gasteiger partial charge is 0.407 e. The molecule has 1 aliphatic carbocycles. The number of carbonyl (C=O) groups excluding carboxylic acids is 1. The van der Waals surface area contributed by atoms with Crippen LogP contribution in [0, 0.1) is 5.92 Å². The maximum Gasteiger partial charge on any atom is 0.407 e. The van der Waals surface area contributed by atoms with Gasteiger partial charge in [-0.15, -0.1) is 0 Å². The average Bonchev–Trinajstić information content (AvgIpc) is 2.72. The van der Waals surface area contributed by atoms with Crippen molar-refractivity contribution in [2.75, 3.05) is 36.4 Å². The molecular formula is C26H44N4O2. The van der Waals surface area contributed by atoms with E-state index in [1.54, 1.807) is 0 Å². The molecule has 180 valence electrons. The van der Waals surface area contributed by atoms with E-state index in [0.29, 0.717) is 18.0 Å². The third-order valence-electron chi connectivity index (χ3n) is 6.86. The predicted molar refractivity (Wildman–Crippen MR) is 134 cm³/mol. The molecule has 0 spiro atoms. The van der Waals surface area contributed by atoms with Crippen LogP contribution in [-0.2, 0) is 4.74 Å². The molecule has 2 unspecified atom stereocenters. The van der Waals surface area contributed by atoms with Crippen molar-refractivity contribution in [3.05, 3.63) is 24.3 Å². The number of amides is 1. The zero-order chi connectivity index (χ0) is 23.3. The second-order valence-electron chi connectivity index (χ2n) is 10.7. The van der Waals surface area contributed by atoms with Crippen LogP contribution >= 0.6 is 0 Å². The lowest BCUT2D eigenvalue weighted by atomic mass is 9.86. The second-order valence-corrected chi connectivity index (χ2v) is 10.7. The summed E-state index contributed by atoms with van der Waals surface area (Å²) in [6.07, 6.45) is 4.00. The minimum absolute atomic E-state index is 0.235. The van der Waals surface area contributed by atoms with Crippen molar-refractivity contribution in [1.82, 2.24) is 10.2 Å². The maximum atomic E-state index is 12.0. The van der Waals surface area contributed by atoms with Crippen LogP contribution in [0.4, 0.5) is 16.2 Å². The number of benzene rings is 1. The van der Waals surface area contributed by atoms with Gasteiger partial charge in [-0.3, -0.25) is 4.90 Å². The lowest BCUT2D eigenvalue weighted by Crippen LogP contribution is -2.56. The molecule has 2 N–H and O–H groups in total. The van der Waals surface area contributed by atoms with Crippen LogP contribution in [-0.4, -0.2) is 60.9 Å². The molecule has 3 rings (SSSR count). The lowest BCUT2D eigenvalue weighted by molar-refractivity contribution is 0.0488. The first-order valence-electron chi connectivity index (χ1n) is 12.5. The lowest BCUT2D eigenvalue weighted by Gasteiger charge is -2.45. The molecular weight excluding hydrogens is 400 g/mol. The van der Waals surface area contributed by atoms with Crippen LogP contribution in [0.5, 0.6) is 0 Å². The van der Waals surface area contributed by atoms with Gasteiger partial charge in [0.05, 0.1) is 0 Å². The van der Waals surface area contributed by atoms with Crippen LogP contribution in [0.3, 0.4) is 0 Å². The molecule has 0 bridgehead atoms. The van der Waals surface area contributed by atoms with Gasteiger partial charge in [-0.05, 0) is 97.0 Å². The van der Waals surface area contributed by atoms with Crippen molar-refractivity contribution >= 4 is 17.5 Å². The highest BCUT2D eigenvalue weighted by atomic mass is 16.6. The summed E-state index contributed by atoms with van der Waals surface area (Å²) in [5.74, 6) is 0.648. The first-order valence-corrected chi connectivity index (χ1v) is 12.5. The monoisotopic (exact) mass is 444 g/mol. The van der Waals surface area contributed by atoms with E-state index in [2.05, 4.69) is 65.5 Å². The Morgan fingerprint density at radius 2 is 1.62 bits per heavy atom. The van der Waals surface area contributed by atoms with Gasteiger partial charge in [0.15, 0.2) is 0 Å². The number of alkyl carbamates (subject to hydrolysis) is 1. The van der Waals surface area contributed by atoms with Crippen LogP contribution in [0.2, 0.25) is 0 Å². The SMILES string of the molecule is CCN1C(C)CN(c2ccc(NCC3CCC(NC(=O)OC(C)(C)C)CC3)cc2)CC1C. The molecule has 2 fully saturated rings. The summed E-state index contributed by atoms with van der Waals surface area (Å²) in [6.45, 7) is 16.9. The molecule has 1 heterocycles. The van der Waals surface area contributed by atoms with E-state index in [9.17, 15) is 4.79 Å². The molecule has 2 atom stereocenters. The fourth-order valence-electron chi connectivity index (χ4n) is 5.23. The molecule has 0 aromatic heterocycles. The van der Waals surface area contributed by atoms with E-state index in [-0.39, 0.29) is 12.1 Å². The summed E-state index contributed by atoms with van der Waals surface area (Å²) in [6, 6.07) is 10.3. The van der Waals surface area contributed by atoms with Crippen LogP contribution in [0.25, 0.3) is 0 Å². The Kier molecular flexibility index (Phi) is 8.32.